The van der Waals surface area contributed by atoms with Crippen LogP contribution >= 0.6 is 0 Å². The summed E-state index contributed by atoms with van der Waals surface area (Å²) < 4.78 is 12.5. The number of esters is 1. The zero-order chi connectivity index (χ0) is 23.0. The molecule has 1 heterocycles. The van der Waals surface area contributed by atoms with E-state index >= 15 is 0 Å². The number of nitrogens with one attached hydrogen (secondary N) is 1. The first-order valence-corrected chi connectivity index (χ1v) is 11.2. The van der Waals surface area contributed by atoms with Crippen LogP contribution in [0.1, 0.15) is 30.9 Å². The second kappa shape index (κ2) is 10.7. The molecule has 170 valence electrons. The average Bonchev–Trinajstić information content (AvgIpc) is 3.19. The number of amides is 1. The normalized spacial score (nSPS) is 11.9. The number of fused-ring (bicyclic) bond motifs is 3. The average molecular weight is 445 g/mol. The fourth-order valence-corrected chi connectivity index (χ4v) is 4.20. The molecule has 33 heavy (non-hydrogen) atoms. The number of aromatic nitrogens is 1. The lowest BCUT2D eigenvalue weighted by molar-refractivity contribution is -0.144. The monoisotopic (exact) mass is 444 g/mol. The van der Waals surface area contributed by atoms with E-state index in [1.165, 1.54) is 7.11 Å². The number of nitrogens with zero attached hydrogens (tertiary/aromatic N) is 1. The standard InChI is InChI=1S/C27H28N2O4/c1-32-26(30)25(17-9-10-18-28-27(31)33-19-20-11-3-2-4-12-20)29-23-15-7-5-13-21(23)22-14-6-8-16-24(22)29/h2-8,11-16,25H,9-10,17-19H2,1H3,(H,28,31). The minimum atomic E-state index is -0.440. The van der Waals surface area contributed by atoms with Crippen molar-refractivity contribution in [1.29, 1.82) is 0 Å². The van der Waals surface area contributed by atoms with Gasteiger partial charge in [-0.2, -0.15) is 0 Å². The molecule has 3 aromatic carbocycles. The first kappa shape index (κ1) is 22.4. The SMILES string of the molecule is COC(=O)C(CCCCNC(=O)OCc1ccccc1)n1c2ccccc2c2ccccc21. The zero-order valence-corrected chi connectivity index (χ0v) is 18.7. The van der Waals surface area contributed by atoms with Gasteiger partial charge in [0.1, 0.15) is 12.6 Å². The highest BCUT2D eigenvalue weighted by molar-refractivity contribution is 6.08. The van der Waals surface area contributed by atoms with Crippen molar-refractivity contribution in [3.63, 3.8) is 0 Å². The summed E-state index contributed by atoms with van der Waals surface area (Å²) in [5.41, 5.74) is 2.97. The Morgan fingerprint density at radius 2 is 1.45 bits per heavy atom. The Morgan fingerprint density at radius 3 is 2.09 bits per heavy atom. The van der Waals surface area contributed by atoms with Gasteiger partial charge in [-0.1, -0.05) is 66.7 Å². The number of carbonyl (C=O) groups excluding carboxylic acids is 2. The van der Waals surface area contributed by atoms with Crippen molar-refractivity contribution in [1.82, 2.24) is 9.88 Å². The van der Waals surface area contributed by atoms with E-state index in [-0.39, 0.29) is 12.6 Å². The van der Waals surface area contributed by atoms with E-state index in [0.29, 0.717) is 13.0 Å². The first-order valence-electron chi connectivity index (χ1n) is 11.2. The number of rotatable bonds is 9. The van der Waals surface area contributed by atoms with Crippen molar-refractivity contribution in [3.8, 4) is 0 Å². The van der Waals surface area contributed by atoms with Crippen LogP contribution in [0.15, 0.2) is 78.9 Å². The van der Waals surface area contributed by atoms with Crippen LogP contribution in [0, 0.1) is 0 Å². The summed E-state index contributed by atoms with van der Waals surface area (Å²) in [7, 11) is 1.42. The maximum atomic E-state index is 12.8. The van der Waals surface area contributed by atoms with Gasteiger partial charge < -0.3 is 19.4 Å². The second-order valence-corrected chi connectivity index (χ2v) is 7.93. The highest BCUT2D eigenvalue weighted by atomic mass is 16.5. The minimum Gasteiger partial charge on any atom is -0.467 e. The van der Waals surface area contributed by atoms with Crippen LogP contribution in [0.4, 0.5) is 4.79 Å². The van der Waals surface area contributed by atoms with Gasteiger partial charge in [-0.15, -0.1) is 0 Å². The molecule has 1 N–H and O–H groups in total. The molecule has 1 aromatic heterocycles. The Kier molecular flexibility index (Phi) is 7.25. The minimum absolute atomic E-state index is 0.241. The van der Waals surface area contributed by atoms with Crippen molar-refractivity contribution in [2.24, 2.45) is 0 Å². The van der Waals surface area contributed by atoms with E-state index < -0.39 is 12.1 Å². The van der Waals surface area contributed by atoms with Crippen LogP contribution in [0.3, 0.4) is 0 Å². The molecular formula is C27H28N2O4. The molecule has 0 bridgehead atoms. The van der Waals surface area contributed by atoms with E-state index in [4.69, 9.17) is 9.47 Å². The number of ether oxygens (including phenoxy) is 2. The molecule has 0 aliphatic heterocycles. The molecule has 4 rings (SSSR count). The Balaban J connectivity index is 1.37. The van der Waals surface area contributed by atoms with Crippen molar-refractivity contribution >= 4 is 33.9 Å². The lowest BCUT2D eigenvalue weighted by atomic mass is 10.1. The molecule has 1 amide bonds. The summed E-state index contributed by atoms with van der Waals surface area (Å²) in [4.78, 5) is 24.7. The van der Waals surface area contributed by atoms with E-state index in [1.54, 1.807) is 0 Å². The molecular weight excluding hydrogens is 416 g/mol. The quantitative estimate of drug-likeness (QED) is 0.269. The van der Waals surface area contributed by atoms with Crippen LogP contribution in [0.2, 0.25) is 0 Å². The largest absolute Gasteiger partial charge is 0.467 e. The summed E-state index contributed by atoms with van der Waals surface area (Å²) in [5.74, 6) is -0.267. The third-order valence-corrected chi connectivity index (χ3v) is 5.79. The lowest BCUT2D eigenvalue weighted by Gasteiger charge is -2.19. The molecule has 6 heteroatoms. The van der Waals surface area contributed by atoms with Crippen LogP contribution in [0.5, 0.6) is 0 Å². The van der Waals surface area contributed by atoms with E-state index in [0.717, 1.165) is 40.2 Å². The molecule has 0 aliphatic rings. The van der Waals surface area contributed by atoms with Gasteiger partial charge >= 0.3 is 12.1 Å². The maximum absolute atomic E-state index is 12.8. The number of methoxy groups -OCH3 is 1. The fraction of sp³-hybridized carbons (Fsp3) is 0.259. The van der Waals surface area contributed by atoms with Gasteiger partial charge in [0.25, 0.3) is 0 Å². The van der Waals surface area contributed by atoms with E-state index in [9.17, 15) is 9.59 Å². The van der Waals surface area contributed by atoms with Gasteiger partial charge in [-0.05, 0) is 37.0 Å². The number of para-hydroxylation sites is 2. The first-order chi connectivity index (χ1) is 16.2. The van der Waals surface area contributed by atoms with Crippen molar-refractivity contribution in [3.05, 3.63) is 84.4 Å². The lowest BCUT2D eigenvalue weighted by Crippen LogP contribution is -2.26. The number of alkyl carbamates (subject to hydrolysis) is 1. The Labute approximate surface area is 193 Å². The summed E-state index contributed by atoms with van der Waals surface area (Å²) in [6.07, 6.45) is 1.64. The van der Waals surface area contributed by atoms with E-state index in [1.807, 2.05) is 66.7 Å². The maximum Gasteiger partial charge on any atom is 0.407 e. The van der Waals surface area contributed by atoms with Crippen LogP contribution in [-0.2, 0) is 20.9 Å². The third kappa shape index (κ3) is 5.17. The molecule has 4 aromatic rings. The highest BCUT2D eigenvalue weighted by Crippen LogP contribution is 2.33. The van der Waals surface area contributed by atoms with Crippen molar-refractivity contribution in [2.45, 2.75) is 31.9 Å². The number of carbonyl (C=O) groups is 2. The molecule has 0 saturated carbocycles. The molecule has 0 fully saturated rings. The Bertz CT molecular complexity index is 1180. The van der Waals surface area contributed by atoms with Gasteiger partial charge in [0.2, 0.25) is 0 Å². The van der Waals surface area contributed by atoms with Gasteiger partial charge in [0.15, 0.2) is 0 Å². The second-order valence-electron chi connectivity index (χ2n) is 7.93. The number of benzene rings is 3. The summed E-state index contributed by atoms with van der Waals surface area (Å²) >= 11 is 0. The zero-order valence-electron chi connectivity index (χ0n) is 18.7. The van der Waals surface area contributed by atoms with Gasteiger partial charge in [-0.25, -0.2) is 9.59 Å². The van der Waals surface area contributed by atoms with Crippen molar-refractivity contribution < 1.29 is 19.1 Å². The summed E-state index contributed by atoms with van der Waals surface area (Å²) in [6.45, 7) is 0.722. The molecule has 0 radical (unpaired) electrons. The van der Waals surface area contributed by atoms with Gasteiger partial charge in [0.05, 0.1) is 7.11 Å². The number of hydrogen-bond acceptors (Lipinski definition) is 4. The van der Waals surface area contributed by atoms with Gasteiger partial charge in [0, 0.05) is 28.4 Å². The summed E-state index contributed by atoms with van der Waals surface area (Å²) in [5, 5.41) is 5.01. The summed E-state index contributed by atoms with van der Waals surface area (Å²) in [6, 6.07) is 25.3. The van der Waals surface area contributed by atoms with Gasteiger partial charge in [-0.3, -0.25) is 0 Å². The van der Waals surface area contributed by atoms with E-state index in [2.05, 4.69) is 22.0 Å². The number of unbranched alkanes of at least 4 members (excludes halogenated alkanes) is 1. The Morgan fingerprint density at radius 1 is 0.848 bits per heavy atom. The molecule has 0 saturated heterocycles. The molecule has 0 aliphatic carbocycles. The molecule has 0 spiro atoms. The smallest absolute Gasteiger partial charge is 0.407 e. The van der Waals surface area contributed by atoms with Crippen LogP contribution < -0.4 is 5.32 Å². The molecule has 1 atom stereocenters. The third-order valence-electron chi connectivity index (χ3n) is 5.79. The van der Waals surface area contributed by atoms with Crippen LogP contribution in [-0.4, -0.2) is 30.3 Å². The molecule has 6 nitrogen and oxygen atoms in total. The number of hydrogen-bond donors (Lipinski definition) is 1. The fourth-order valence-electron chi connectivity index (χ4n) is 4.20. The Hall–Kier alpha value is -3.80. The highest BCUT2D eigenvalue weighted by Gasteiger charge is 2.25. The van der Waals surface area contributed by atoms with Crippen molar-refractivity contribution in [2.75, 3.05) is 13.7 Å². The topological polar surface area (TPSA) is 69.6 Å². The predicted octanol–water partition coefficient (Wildman–Crippen LogP) is 5.61. The predicted molar refractivity (Wildman–Crippen MR) is 129 cm³/mol. The molecule has 1 unspecified atom stereocenters. The van der Waals surface area contributed by atoms with Crippen LogP contribution in [0.25, 0.3) is 21.8 Å².